The molecule has 92 valence electrons. The maximum absolute atomic E-state index is 13.2. The number of carbonyl (C=O) groups excluding carboxylic acids is 1. The maximum Gasteiger partial charge on any atom is 0.322 e. The number of hydrogen-bond donors (Lipinski definition) is 3. The SMILES string of the molecule is O=C(O)CNC(=O)c1cc(F)c(F)c(O)c1F. The van der Waals surface area contributed by atoms with Gasteiger partial charge in [-0.25, -0.2) is 8.78 Å². The number of halogens is 3. The van der Waals surface area contributed by atoms with Crippen molar-refractivity contribution < 1.29 is 33.0 Å². The lowest BCUT2D eigenvalue weighted by Crippen LogP contribution is -2.30. The smallest absolute Gasteiger partial charge is 0.322 e. The fraction of sp³-hybridized carbons (Fsp3) is 0.111. The molecule has 0 heterocycles. The molecule has 0 bridgehead atoms. The van der Waals surface area contributed by atoms with Crippen molar-refractivity contribution in [2.75, 3.05) is 6.54 Å². The zero-order valence-electron chi connectivity index (χ0n) is 8.13. The second-order valence-electron chi connectivity index (χ2n) is 2.96. The van der Waals surface area contributed by atoms with Crippen LogP contribution in [0.25, 0.3) is 0 Å². The van der Waals surface area contributed by atoms with Crippen LogP contribution in [-0.2, 0) is 4.79 Å². The normalized spacial score (nSPS) is 10.1. The summed E-state index contributed by atoms with van der Waals surface area (Å²) in [5.41, 5.74) is -0.984. The van der Waals surface area contributed by atoms with Gasteiger partial charge >= 0.3 is 5.97 Å². The summed E-state index contributed by atoms with van der Waals surface area (Å²) in [7, 11) is 0. The lowest BCUT2D eigenvalue weighted by atomic mass is 10.1. The van der Waals surface area contributed by atoms with Crippen LogP contribution in [0.5, 0.6) is 5.75 Å². The van der Waals surface area contributed by atoms with E-state index in [1.165, 1.54) is 0 Å². The molecule has 0 radical (unpaired) electrons. The van der Waals surface area contributed by atoms with Gasteiger partial charge < -0.3 is 15.5 Å². The Kier molecular flexibility index (Phi) is 3.56. The fourth-order valence-electron chi connectivity index (χ4n) is 1.01. The molecule has 0 saturated carbocycles. The van der Waals surface area contributed by atoms with E-state index in [1.54, 1.807) is 5.32 Å². The molecule has 3 N–H and O–H groups in total. The average Bonchev–Trinajstić information content (AvgIpc) is 2.28. The summed E-state index contributed by atoms with van der Waals surface area (Å²) in [5.74, 6) is -9.41. The van der Waals surface area contributed by atoms with Gasteiger partial charge in [-0.15, -0.1) is 0 Å². The zero-order valence-corrected chi connectivity index (χ0v) is 8.13. The predicted octanol–water partition coefficient (Wildman–Crippen LogP) is 0.624. The Balaban J connectivity index is 3.06. The van der Waals surface area contributed by atoms with E-state index in [2.05, 4.69) is 0 Å². The highest BCUT2D eigenvalue weighted by atomic mass is 19.2. The number of benzene rings is 1. The molecule has 1 aromatic carbocycles. The minimum Gasteiger partial charge on any atom is -0.503 e. The predicted molar refractivity (Wildman–Crippen MR) is 47.9 cm³/mol. The molecule has 0 fully saturated rings. The minimum absolute atomic E-state index is 0.224. The monoisotopic (exact) mass is 249 g/mol. The molecule has 0 saturated heterocycles. The fourth-order valence-corrected chi connectivity index (χ4v) is 1.01. The van der Waals surface area contributed by atoms with E-state index in [4.69, 9.17) is 10.2 Å². The van der Waals surface area contributed by atoms with Crippen LogP contribution in [0.15, 0.2) is 6.07 Å². The first-order valence-corrected chi connectivity index (χ1v) is 4.21. The number of aliphatic carboxylic acids is 1. The molecular formula is C9H6F3NO4. The van der Waals surface area contributed by atoms with Gasteiger partial charge in [0.25, 0.3) is 5.91 Å². The number of aromatic hydroxyl groups is 1. The molecule has 1 aromatic rings. The number of carboxylic acid groups (broad SMARTS) is 1. The van der Waals surface area contributed by atoms with Gasteiger partial charge in [-0.2, -0.15) is 4.39 Å². The van der Waals surface area contributed by atoms with E-state index < -0.39 is 47.2 Å². The highest BCUT2D eigenvalue weighted by Crippen LogP contribution is 2.25. The lowest BCUT2D eigenvalue weighted by Gasteiger charge is -2.06. The van der Waals surface area contributed by atoms with Crippen molar-refractivity contribution in [3.05, 3.63) is 29.1 Å². The van der Waals surface area contributed by atoms with Gasteiger partial charge in [0.1, 0.15) is 6.54 Å². The van der Waals surface area contributed by atoms with Gasteiger partial charge in [0.15, 0.2) is 17.4 Å². The van der Waals surface area contributed by atoms with Crippen molar-refractivity contribution in [2.24, 2.45) is 0 Å². The van der Waals surface area contributed by atoms with Gasteiger partial charge in [-0.3, -0.25) is 9.59 Å². The summed E-state index contributed by atoms with van der Waals surface area (Å²) in [5, 5.41) is 18.8. The molecule has 0 aliphatic carbocycles. The standard InChI is InChI=1S/C9H6F3NO4/c10-4-1-3(6(11)8(16)7(4)12)9(17)13-2-5(14)15/h1,16H,2H2,(H,13,17)(H,14,15). The second kappa shape index (κ2) is 4.73. The number of carbonyl (C=O) groups is 2. The Morgan fingerprint density at radius 2 is 1.82 bits per heavy atom. The topological polar surface area (TPSA) is 86.6 Å². The Bertz CT molecular complexity index is 490. The maximum atomic E-state index is 13.2. The summed E-state index contributed by atoms with van der Waals surface area (Å²) >= 11 is 0. The number of nitrogens with one attached hydrogen (secondary N) is 1. The minimum atomic E-state index is -1.82. The Morgan fingerprint density at radius 1 is 1.24 bits per heavy atom. The van der Waals surface area contributed by atoms with E-state index in [0.29, 0.717) is 0 Å². The van der Waals surface area contributed by atoms with Crippen LogP contribution in [0.3, 0.4) is 0 Å². The van der Waals surface area contributed by atoms with Gasteiger partial charge in [-0.1, -0.05) is 0 Å². The van der Waals surface area contributed by atoms with Crippen molar-refractivity contribution >= 4 is 11.9 Å². The Morgan fingerprint density at radius 3 is 2.35 bits per heavy atom. The third-order valence-corrected chi connectivity index (χ3v) is 1.78. The third-order valence-electron chi connectivity index (χ3n) is 1.78. The van der Waals surface area contributed by atoms with Gasteiger partial charge in [0, 0.05) is 0 Å². The number of phenolic OH excluding ortho intramolecular Hbond substituents is 1. The van der Waals surface area contributed by atoms with Crippen LogP contribution in [0.1, 0.15) is 10.4 Å². The van der Waals surface area contributed by atoms with Gasteiger partial charge in [0.2, 0.25) is 5.82 Å². The molecular weight excluding hydrogens is 243 g/mol. The number of amides is 1. The molecule has 0 aromatic heterocycles. The van der Waals surface area contributed by atoms with E-state index >= 15 is 0 Å². The first kappa shape index (κ1) is 12.8. The zero-order chi connectivity index (χ0) is 13.2. The second-order valence-corrected chi connectivity index (χ2v) is 2.96. The number of carboxylic acids is 1. The lowest BCUT2D eigenvalue weighted by molar-refractivity contribution is -0.135. The van der Waals surface area contributed by atoms with Crippen LogP contribution < -0.4 is 5.32 Å². The molecule has 0 aliphatic rings. The Hall–Kier alpha value is -2.25. The van der Waals surface area contributed by atoms with Crippen molar-refractivity contribution in [3.8, 4) is 5.75 Å². The van der Waals surface area contributed by atoms with Gasteiger partial charge in [0.05, 0.1) is 5.56 Å². The van der Waals surface area contributed by atoms with Crippen LogP contribution in [0.4, 0.5) is 13.2 Å². The molecule has 0 atom stereocenters. The van der Waals surface area contributed by atoms with E-state index in [1.807, 2.05) is 0 Å². The average molecular weight is 249 g/mol. The summed E-state index contributed by atoms with van der Waals surface area (Å²) in [6.07, 6.45) is 0. The van der Waals surface area contributed by atoms with E-state index in [-0.39, 0.29) is 6.07 Å². The molecule has 0 aliphatic heterocycles. The molecule has 0 spiro atoms. The van der Waals surface area contributed by atoms with E-state index in [9.17, 15) is 22.8 Å². The highest BCUT2D eigenvalue weighted by Gasteiger charge is 2.22. The quantitative estimate of drug-likeness (QED) is 0.685. The highest BCUT2D eigenvalue weighted by molar-refractivity contribution is 5.96. The summed E-state index contributed by atoms with van der Waals surface area (Å²) < 4.78 is 38.6. The third kappa shape index (κ3) is 2.65. The summed E-state index contributed by atoms with van der Waals surface area (Å²) in [4.78, 5) is 21.3. The van der Waals surface area contributed by atoms with Crippen molar-refractivity contribution in [2.45, 2.75) is 0 Å². The van der Waals surface area contributed by atoms with Crippen molar-refractivity contribution in [1.82, 2.24) is 5.32 Å². The molecule has 0 unspecified atom stereocenters. The summed E-state index contributed by atoms with van der Waals surface area (Å²) in [6, 6.07) is 0.224. The molecule has 1 rings (SSSR count). The Labute approximate surface area is 92.5 Å². The van der Waals surface area contributed by atoms with Crippen LogP contribution >= 0.6 is 0 Å². The molecule has 1 amide bonds. The van der Waals surface area contributed by atoms with Crippen LogP contribution in [-0.4, -0.2) is 28.6 Å². The number of rotatable bonds is 3. The van der Waals surface area contributed by atoms with Crippen LogP contribution in [0.2, 0.25) is 0 Å². The van der Waals surface area contributed by atoms with Crippen molar-refractivity contribution in [1.29, 1.82) is 0 Å². The first-order valence-electron chi connectivity index (χ1n) is 4.21. The number of phenols is 1. The number of hydrogen-bond acceptors (Lipinski definition) is 3. The van der Waals surface area contributed by atoms with E-state index in [0.717, 1.165) is 0 Å². The first-order chi connectivity index (χ1) is 7.84. The molecule has 8 heteroatoms. The van der Waals surface area contributed by atoms with Gasteiger partial charge in [-0.05, 0) is 6.07 Å². The van der Waals surface area contributed by atoms with Crippen molar-refractivity contribution in [3.63, 3.8) is 0 Å². The largest absolute Gasteiger partial charge is 0.503 e. The molecule has 17 heavy (non-hydrogen) atoms. The summed E-state index contributed by atoms with van der Waals surface area (Å²) in [6.45, 7) is -0.821. The molecule has 5 nitrogen and oxygen atoms in total. The van der Waals surface area contributed by atoms with Crippen LogP contribution in [0, 0.1) is 17.5 Å².